The monoisotopic (exact) mass is 277 g/mol. The SMILES string of the molecule is Cc1cc(Cl)c(-c2ccoc2CNC(C)C)cc1C. The summed E-state index contributed by atoms with van der Waals surface area (Å²) >= 11 is 6.37. The fourth-order valence-electron chi connectivity index (χ4n) is 2.00. The van der Waals surface area contributed by atoms with Gasteiger partial charge in [-0.2, -0.15) is 0 Å². The number of nitrogens with one attached hydrogen (secondary N) is 1. The van der Waals surface area contributed by atoms with Crippen LogP contribution in [0.2, 0.25) is 5.02 Å². The van der Waals surface area contributed by atoms with Crippen molar-refractivity contribution in [2.75, 3.05) is 0 Å². The molecule has 0 amide bonds. The summed E-state index contributed by atoms with van der Waals surface area (Å²) in [5.74, 6) is 0.929. The highest BCUT2D eigenvalue weighted by atomic mass is 35.5. The van der Waals surface area contributed by atoms with Crippen molar-refractivity contribution >= 4 is 11.6 Å². The summed E-state index contributed by atoms with van der Waals surface area (Å²) < 4.78 is 5.57. The second kappa shape index (κ2) is 5.81. The van der Waals surface area contributed by atoms with Gasteiger partial charge >= 0.3 is 0 Å². The van der Waals surface area contributed by atoms with Gasteiger partial charge in [-0.3, -0.25) is 0 Å². The molecule has 2 aromatic rings. The molecular weight excluding hydrogens is 258 g/mol. The van der Waals surface area contributed by atoms with E-state index in [1.807, 2.05) is 12.1 Å². The third-order valence-electron chi connectivity index (χ3n) is 3.29. The van der Waals surface area contributed by atoms with Gasteiger partial charge in [0, 0.05) is 22.2 Å². The average molecular weight is 278 g/mol. The van der Waals surface area contributed by atoms with Crippen LogP contribution >= 0.6 is 11.6 Å². The molecule has 0 aliphatic rings. The number of hydrogen-bond donors (Lipinski definition) is 1. The third kappa shape index (κ3) is 3.20. The van der Waals surface area contributed by atoms with Gasteiger partial charge in [0.15, 0.2) is 0 Å². The minimum atomic E-state index is 0.424. The predicted octanol–water partition coefficient (Wildman–Crippen LogP) is 4.71. The van der Waals surface area contributed by atoms with Crippen LogP contribution in [0, 0.1) is 13.8 Å². The molecular formula is C16H20ClNO. The zero-order valence-electron chi connectivity index (χ0n) is 11.9. The molecule has 0 saturated carbocycles. The summed E-state index contributed by atoms with van der Waals surface area (Å²) in [4.78, 5) is 0. The van der Waals surface area contributed by atoms with E-state index in [-0.39, 0.29) is 0 Å². The molecule has 0 bridgehead atoms. The maximum Gasteiger partial charge on any atom is 0.125 e. The van der Waals surface area contributed by atoms with Gasteiger partial charge in [-0.15, -0.1) is 0 Å². The van der Waals surface area contributed by atoms with Gasteiger partial charge in [-0.1, -0.05) is 25.4 Å². The van der Waals surface area contributed by atoms with E-state index < -0.39 is 0 Å². The highest BCUT2D eigenvalue weighted by Crippen LogP contribution is 2.33. The van der Waals surface area contributed by atoms with Gasteiger partial charge in [-0.25, -0.2) is 0 Å². The van der Waals surface area contributed by atoms with Crippen molar-refractivity contribution in [1.29, 1.82) is 0 Å². The highest BCUT2D eigenvalue weighted by molar-refractivity contribution is 6.33. The van der Waals surface area contributed by atoms with Crippen molar-refractivity contribution in [2.45, 2.75) is 40.3 Å². The van der Waals surface area contributed by atoms with E-state index >= 15 is 0 Å². The fraction of sp³-hybridized carbons (Fsp3) is 0.375. The molecule has 1 N–H and O–H groups in total. The van der Waals surface area contributed by atoms with Gasteiger partial charge in [0.05, 0.1) is 12.8 Å². The summed E-state index contributed by atoms with van der Waals surface area (Å²) in [6.45, 7) is 9.11. The smallest absolute Gasteiger partial charge is 0.125 e. The summed E-state index contributed by atoms with van der Waals surface area (Å²) in [5, 5.41) is 4.14. The van der Waals surface area contributed by atoms with Crippen molar-refractivity contribution in [2.24, 2.45) is 0 Å². The van der Waals surface area contributed by atoms with Crippen molar-refractivity contribution in [1.82, 2.24) is 5.32 Å². The molecule has 0 saturated heterocycles. The summed E-state index contributed by atoms with van der Waals surface area (Å²) in [5.41, 5.74) is 4.56. The van der Waals surface area contributed by atoms with Crippen LogP contribution in [0.3, 0.4) is 0 Å². The maximum absolute atomic E-state index is 6.37. The van der Waals surface area contributed by atoms with Gasteiger partial charge in [0.2, 0.25) is 0 Å². The molecule has 0 radical (unpaired) electrons. The van der Waals surface area contributed by atoms with Crippen LogP contribution in [-0.4, -0.2) is 6.04 Å². The number of furan rings is 1. The number of aryl methyl sites for hydroxylation is 2. The van der Waals surface area contributed by atoms with E-state index in [1.165, 1.54) is 11.1 Å². The summed E-state index contributed by atoms with van der Waals surface area (Å²) in [6.07, 6.45) is 1.72. The first-order chi connectivity index (χ1) is 8.99. The first-order valence-electron chi connectivity index (χ1n) is 6.56. The van der Waals surface area contributed by atoms with E-state index in [9.17, 15) is 0 Å². The van der Waals surface area contributed by atoms with Crippen molar-refractivity contribution < 1.29 is 4.42 Å². The highest BCUT2D eigenvalue weighted by Gasteiger charge is 2.13. The quantitative estimate of drug-likeness (QED) is 0.875. The Morgan fingerprint density at radius 2 is 1.84 bits per heavy atom. The van der Waals surface area contributed by atoms with E-state index in [4.69, 9.17) is 16.0 Å². The van der Waals surface area contributed by atoms with Crippen LogP contribution in [0.4, 0.5) is 0 Å². The van der Waals surface area contributed by atoms with Crippen LogP contribution in [-0.2, 0) is 6.54 Å². The Bertz CT molecular complexity index is 572. The van der Waals surface area contributed by atoms with Crippen molar-refractivity contribution in [3.63, 3.8) is 0 Å². The number of benzene rings is 1. The minimum Gasteiger partial charge on any atom is -0.467 e. The lowest BCUT2D eigenvalue weighted by Gasteiger charge is -2.10. The van der Waals surface area contributed by atoms with Crippen LogP contribution < -0.4 is 5.32 Å². The Morgan fingerprint density at radius 1 is 1.16 bits per heavy atom. The van der Waals surface area contributed by atoms with Crippen molar-refractivity contribution in [3.05, 3.63) is 46.4 Å². The topological polar surface area (TPSA) is 25.2 Å². The second-order valence-corrected chi connectivity index (χ2v) is 5.62. The molecule has 0 aliphatic heterocycles. The van der Waals surface area contributed by atoms with Gasteiger partial charge < -0.3 is 9.73 Å². The largest absolute Gasteiger partial charge is 0.467 e. The molecule has 102 valence electrons. The fourth-order valence-corrected chi connectivity index (χ4v) is 2.32. The zero-order chi connectivity index (χ0) is 14.0. The molecule has 0 unspecified atom stereocenters. The molecule has 1 aromatic carbocycles. The number of hydrogen-bond acceptors (Lipinski definition) is 2. The van der Waals surface area contributed by atoms with E-state index in [0.29, 0.717) is 12.6 Å². The predicted molar refractivity (Wildman–Crippen MR) is 80.6 cm³/mol. The lowest BCUT2D eigenvalue weighted by Crippen LogP contribution is -2.21. The number of rotatable bonds is 4. The Hall–Kier alpha value is -1.25. The first-order valence-corrected chi connectivity index (χ1v) is 6.93. The zero-order valence-corrected chi connectivity index (χ0v) is 12.6. The van der Waals surface area contributed by atoms with Gasteiger partial charge in [0.1, 0.15) is 5.76 Å². The van der Waals surface area contributed by atoms with E-state index in [0.717, 1.165) is 21.9 Å². The number of halogens is 1. The molecule has 1 aromatic heterocycles. The van der Waals surface area contributed by atoms with E-state index in [2.05, 4.69) is 39.1 Å². The van der Waals surface area contributed by atoms with Gasteiger partial charge in [0.25, 0.3) is 0 Å². The van der Waals surface area contributed by atoms with Crippen LogP contribution in [0.1, 0.15) is 30.7 Å². The Kier molecular flexibility index (Phi) is 4.33. The minimum absolute atomic E-state index is 0.424. The molecule has 0 spiro atoms. The second-order valence-electron chi connectivity index (χ2n) is 5.21. The van der Waals surface area contributed by atoms with E-state index in [1.54, 1.807) is 6.26 Å². The van der Waals surface area contributed by atoms with Crippen LogP contribution in [0.15, 0.2) is 28.9 Å². The van der Waals surface area contributed by atoms with Crippen LogP contribution in [0.25, 0.3) is 11.1 Å². The normalized spacial score (nSPS) is 11.3. The molecule has 2 rings (SSSR count). The molecule has 0 atom stereocenters. The standard InChI is InChI=1S/C16H20ClNO/c1-10(2)18-9-16-13(5-6-19-16)14-7-11(3)12(4)8-15(14)17/h5-8,10,18H,9H2,1-4H3. The van der Waals surface area contributed by atoms with Gasteiger partial charge in [-0.05, 0) is 43.2 Å². The molecule has 2 nitrogen and oxygen atoms in total. The molecule has 0 fully saturated rings. The summed E-state index contributed by atoms with van der Waals surface area (Å²) in [6, 6.07) is 6.54. The Labute approximate surface area is 119 Å². The summed E-state index contributed by atoms with van der Waals surface area (Å²) in [7, 11) is 0. The lowest BCUT2D eigenvalue weighted by atomic mass is 10.0. The third-order valence-corrected chi connectivity index (χ3v) is 3.60. The first kappa shape index (κ1) is 14.2. The maximum atomic E-state index is 6.37. The van der Waals surface area contributed by atoms with Crippen molar-refractivity contribution in [3.8, 4) is 11.1 Å². The molecule has 0 aliphatic carbocycles. The lowest BCUT2D eigenvalue weighted by molar-refractivity contribution is 0.466. The Balaban J connectivity index is 2.37. The molecule has 3 heteroatoms. The molecule has 1 heterocycles. The van der Waals surface area contributed by atoms with Crippen LogP contribution in [0.5, 0.6) is 0 Å². The Morgan fingerprint density at radius 3 is 2.53 bits per heavy atom. The average Bonchev–Trinajstić information content (AvgIpc) is 2.79. The molecule has 19 heavy (non-hydrogen) atoms.